The molecular formula is C11H20F3N3O. The first-order valence-corrected chi connectivity index (χ1v) is 6.02. The standard InChI is InChI=1S/C11H20F3N3O/c1-16(2)7-9-3-5-17(6-4-9)10(18)15-8-11(12,13)14/h9H,3-8H2,1-2H3,(H,15,18). The van der Waals surface area contributed by atoms with E-state index >= 15 is 0 Å². The van der Waals surface area contributed by atoms with Crippen LogP contribution in [-0.4, -0.2) is 62.3 Å². The maximum Gasteiger partial charge on any atom is 0.405 e. The van der Waals surface area contributed by atoms with Gasteiger partial charge in [0.2, 0.25) is 0 Å². The van der Waals surface area contributed by atoms with Crippen molar-refractivity contribution >= 4 is 6.03 Å². The van der Waals surface area contributed by atoms with E-state index in [2.05, 4.69) is 4.90 Å². The van der Waals surface area contributed by atoms with Gasteiger partial charge in [0, 0.05) is 19.6 Å². The van der Waals surface area contributed by atoms with E-state index in [1.807, 2.05) is 19.4 Å². The molecule has 0 saturated carbocycles. The Labute approximate surface area is 105 Å². The van der Waals surface area contributed by atoms with Crippen molar-refractivity contribution < 1.29 is 18.0 Å². The molecule has 1 saturated heterocycles. The molecule has 1 aliphatic heterocycles. The molecule has 1 heterocycles. The Bertz CT molecular complexity index is 273. The van der Waals surface area contributed by atoms with Gasteiger partial charge < -0.3 is 15.1 Å². The van der Waals surface area contributed by atoms with Gasteiger partial charge in [-0.05, 0) is 32.9 Å². The van der Waals surface area contributed by atoms with E-state index in [0.717, 1.165) is 19.4 Å². The number of amides is 2. The van der Waals surface area contributed by atoms with Crippen LogP contribution in [0.25, 0.3) is 0 Å². The number of likely N-dealkylation sites (tertiary alicyclic amines) is 1. The molecule has 0 spiro atoms. The third-order valence-electron chi connectivity index (χ3n) is 2.97. The SMILES string of the molecule is CN(C)CC1CCN(C(=O)NCC(F)(F)F)CC1. The molecule has 0 aliphatic carbocycles. The predicted octanol–water partition coefficient (Wildman–Crippen LogP) is 1.53. The van der Waals surface area contributed by atoms with Crippen molar-refractivity contribution in [3.8, 4) is 0 Å². The van der Waals surface area contributed by atoms with Gasteiger partial charge in [0.25, 0.3) is 0 Å². The monoisotopic (exact) mass is 267 g/mol. The van der Waals surface area contributed by atoms with Crippen molar-refractivity contribution in [2.45, 2.75) is 19.0 Å². The van der Waals surface area contributed by atoms with Gasteiger partial charge in [-0.3, -0.25) is 0 Å². The van der Waals surface area contributed by atoms with Crippen LogP contribution >= 0.6 is 0 Å². The summed E-state index contributed by atoms with van der Waals surface area (Å²) in [6.45, 7) is 0.756. The molecular weight excluding hydrogens is 247 g/mol. The minimum absolute atomic E-state index is 0.520. The molecule has 0 aromatic carbocycles. The van der Waals surface area contributed by atoms with E-state index in [1.165, 1.54) is 4.90 Å². The molecule has 1 fully saturated rings. The van der Waals surface area contributed by atoms with Crippen LogP contribution in [0.15, 0.2) is 0 Å². The normalized spacial score (nSPS) is 18.2. The highest BCUT2D eigenvalue weighted by atomic mass is 19.4. The maximum atomic E-state index is 11.9. The summed E-state index contributed by atoms with van der Waals surface area (Å²) in [6, 6.07) is -0.615. The molecule has 2 amide bonds. The van der Waals surface area contributed by atoms with Crippen LogP contribution in [0.4, 0.5) is 18.0 Å². The zero-order valence-corrected chi connectivity index (χ0v) is 10.8. The largest absolute Gasteiger partial charge is 0.405 e. The molecule has 1 aliphatic rings. The number of piperidine rings is 1. The molecule has 1 rings (SSSR count). The Hall–Kier alpha value is -0.980. The first-order valence-electron chi connectivity index (χ1n) is 6.02. The molecule has 1 N–H and O–H groups in total. The minimum Gasteiger partial charge on any atom is -0.329 e. The van der Waals surface area contributed by atoms with Gasteiger partial charge in [0.15, 0.2) is 0 Å². The van der Waals surface area contributed by atoms with Gasteiger partial charge in [-0.1, -0.05) is 0 Å². The highest BCUT2D eigenvalue weighted by Gasteiger charge is 2.30. The number of carbonyl (C=O) groups is 1. The van der Waals surface area contributed by atoms with Crippen molar-refractivity contribution in [2.75, 3.05) is 40.3 Å². The number of urea groups is 1. The maximum absolute atomic E-state index is 11.9. The van der Waals surface area contributed by atoms with Crippen molar-refractivity contribution in [1.29, 1.82) is 0 Å². The molecule has 106 valence electrons. The van der Waals surface area contributed by atoms with E-state index < -0.39 is 18.8 Å². The fourth-order valence-corrected chi connectivity index (χ4v) is 2.12. The van der Waals surface area contributed by atoms with E-state index in [1.54, 1.807) is 0 Å². The number of rotatable bonds is 3. The average Bonchev–Trinajstić information content (AvgIpc) is 2.25. The molecule has 4 nitrogen and oxygen atoms in total. The highest BCUT2D eigenvalue weighted by molar-refractivity contribution is 5.74. The number of nitrogens with zero attached hydrogens (tertiary/aromatic N) is 2. The van der Waals surface area contributed by atoms with Crippen molar-refractivity contribution in [3.63, 3.8) is 0 Å². The molecule has 0 aromatic heterocycles. The summed E-state index contributed by atoms with van der Waals surface area (Å²) in [4.78, 5) is 15.0. The molecule has 0 radical (unpaired) electrons. The number of hydrogen-bond donors (Lipinski definition) is 1. The third kappa shape index (κ3) is 5.57. The second kappa shape index (κ2) is 6.26. The summed E-state index contributed by atoms with van der Waals surface area (Å²) < 4.78 is 35.8. The Balaban J connectivity index is 2.27. The lowest BCUT2D eigenvalue weighted by molar-refractivity contribution is -0.123. The van der Waals surface area contributed by atoms with Gasteiger partial charge in [-0.15, -0.1) is 0 Å². The molecule has 18 heavy (non-hydrogen) atoms. The lowest BCUT2D eigenvalue weighted by atomic mass is 9.97. The number of nitrogens with one attached hydrogen (secondary N) is 1. The van der Waals surface area contributed by atoms with Crippen LogP contribution in [0.3, 0.4) is 0 Å². The Morgan fingerprint density at radius 1 is 1.33 bits per heavy atom. The fraction of sp³-hybridized carbons (Fsp3) is 0.909. The van der Waals surface area contributed by atoms with Crippen LogP contribution in [0.2, 0.25) is 0 Å². The van der Waals surface area contributed by atoms with Crippen LogP contribution in [-0.2, 0) is 0 Å². The highest BCUT2D eigenvalue weighted by Crippen LogP contribution is 2.18. The van der Waals surface area contributed by atoms with Gasteiger partial charge in [0.05, 0.1) is 0 Å². The molecule has 0 unspecified atom stereocenters. The summed E-state index contributed by atoms with van der Waals surface area (Å²) in [5, 5.41) is 1.90. The van der Waals surface area contributed by atoms with E-state index in [-0.39, 0.29) is 0 Å². The summed E-state index contributed by atoms with van der Waals surface area (Å²) in [5.74, 6) is 0.520. The van der Waals surface area contributed by atoms with Gasteiger partial charge in [-0.2, -0.15) is 13.2 Å². The Morgan fingerprint density at radius 3 is 2.33 bits per heavy atom. The van der Waals surface area contributed by atoms with Crippen molar-refractivity contribution in [2.24, 2.45) is 5.92 Å². The predicted molar refractivity (Wildman–Crippen MR) is 62.3 cm³/mol. The van der Waals surface area contributed by atoms with Gasteiger partial charge in [-0.25, -0.2) is 4.79 Å². The third-order valence-corrected chi connectivity index (χ3v) is 2.97. The van der Waals surface area contributed by atoms with E-state index in [0.29, 0.717) is 19.0 Å². The smallest absolute Gasteiger partial charge is 0.329 e. The molecule has 0 bridgehead atoms. The van der Waals surface area contributed by atoms with Crippen LogP contribution in [0, 0.1) is 5.92 Å². The quantitative estimate of drug-likeness (QED) is 0.841. The molecule has 7 heteroatoms. The van der Waals surface area contributed by atoms with Gasteiger partial charge in [0.1, 0.15) is 6.54 Å². The lowest BCUT2D eigenvalue weighted by Crippen LogP contribution is -2.47. The minimum atomic E-state index is -4.35. The van der Waals surface area contributed by atoms with E-state index in [4.69, 9.17) is 0 Å². The zero-order valence-electron chi connectivity index (χ0n) is 10.8. The van der Waals surface area contributed by atoms with Crippen LogP contribution in [0.5, 0.6) is 0 Å². The Morgan fingerprint density at radius 2 is 1.89 bits per heavy atom. The average molecular weight is 267 g/mol. The van der Waals surface area contributed by atoms with Crippen LogP contribution < -0.4 is 5.32 Å². The lowest BCUT2D eigenvalue weighted by Gasteiger charge is -2.33. The summed E-state index contributed by atoms with van der Waals surface area (Å²) >= 11 is 0. The summed E-state index contributed by atoms with van der Waals surface area (Å²) in [6.07, 6.45) is -2.66. The molecule has 0 aromatic rings. The van der Waals surface area contributed by atoms with Crippen LogP contribution in [0.1, 0.15) is 12.8 Å². The molecule has 0 atom stereocenters. The number of alkyl halides is 3. The Kier molecular flexibility index (Phi) is 5.25. The van der Waals surface area contributed by atoms with Crippen molar-refractivity contribution in [1.82, 2.24) is 15.1 Å². The second-order valence-corrected chi connectivity index (χ2v) is 4.97. The number of carbonyl (C=O) groups excluding carboxylic acids is 1. The van der Waals surface area contributed by atoms with E-state index in [9.17, 15) is 18.0 Å². The summed E-state index contributed by atoms with van der Waals surface area (Å²) in [7, 11) is 3.98. The topological polar surface area (TPSA) is 35.6 Å². The summed E-state index contributed by atoms with van der Waals surface area (Å²) in [5.41, 5.74) is 0. The first-order chi connectivity index (χ1) is 8.28. The zero-order chi connectivity index (χ0) is 13.8. The second-order valence-electron chi connectivity index (χ2n) is 4.97. The fourth-order valence-electron chi connectivity index (χ4n) is 2.12. The van der Waals surface area contributed by atoms with Crippen molar-refractivity contribution in [3.05, 3.63) is 0 Å². The first kappa shape index (κ1) is 15.1. The van der Waals surface area contributed by atoms with Gasteiger partial charge >= 0.3 is 12.2 Å². The number of halogens is 3. The number of hydrogen-bond acceptors (Lipinski definition) is 2.